The van der Waals surface area contributed by atoms with Crippen LogP contribution in [0.3, 0.4) is 0 Å². The number of carbonyl (C=O) groups excluding carboxylic acids is 1. The number of aromatic carboxylic acids is 1. The third-order valence-corrected chi connectivity index (χ3v) is 5.35. The van der Waals surface area contributed by atoms with E-state index >= 15 is 0 Å². The number of carboxylic acids is 1. The lowest BCUT2D eigenvalue weighted by atomic mass is 9.83. The maximum Gasteiger partial charge on any atom is 0.335 e. The van der Waals surface area contributed by atoms with E-state index in [2.05, 4.69) is 21.2 Å². The molecule has 0 saturated carbocycles. The number of anilines is 3. The number of carboxylic acid groups (broad SMARTS) is 1. The van der Waals surface area contributed by atoms with Gasteiger partial charge in [-0.1, -0.05) is 24.3 Å². The van der Waals surface area contributed by atoms with Gasteiger partial charge in [0.25, 0.3) is 0 Å². The molecule has 0 spiro atoms. The van der Waals surface area contributed by atoms with Crippen LogP contribution in [0.25, 0.3) is 0 Å². The quantitative estimate of drug-likeness (QED) is 0.419. The zero-order valence-electron chi connectivity index (χ0n) is 14.1. The van der Waals surface area contributed by atoms with Crippen molar-refractivity contribution in [2.75, 3.05) is 11.1 Å². The van der Waals surface area contributed by atoms with Crippen molar-refractivity contribution in [2.45, 2.75) is 6.42 Å². The second-order valence-electron chi connectivity index (χ2n) is 6.34. The molecule has 0 radical (unpaired) electrons. The van der Waals surface area contributed by atoms with E-state index in [0.29, 0.717) is 27.7 Å². The first-order valence-corrected chi connectivity index (χ1v) is 9.09. The third-order valence-electron chi connectivity index (χ3n) is 4.69. The number of ketones is 1. The van der Waals surface area contributed by atoms with Crippen molar-refractivity contribution in [2.24, 2.45) is 0 Å². The molecule has 1 aliphatic carbocycles. The number of nitrogens with two attached hydrogens (primary N) is 1. The Hall–Kier alpha value is -3.12. The fraction of sp³-hybridized carbons (Fsp3) is 0.0476. The Balaban J connectivity index is 1.80. The average molecular weight is 423 g/mol. The lowest BCUT2D eigenvalue weighted by Gasteiger charge is -2.24. The number of halogens is 1. The van der Waals surface area contributed by atoms with Gasteiger partial charge in [0.2, 0.25) is 0 Å². The topological polar surface area (TPSA) is 92.4 Å². The average Bonchev–Trinajstić information content (AvgIpc) is 2.66. The molecular weight excluding hydrogens is 408 g/mol. The minimum absolute atomic E-state index is 0.0880. The van der Waals surface area contributed by atoms with E-state index in [1.54, 1.807) is 12.1 Å². The van der Waals surface area contributed by atoms with E-state index in [-0.39, 0.29) is 11.3 Å². The minimum atomic E-state index is -0.976. The number of rotatable bonds is 3. The summed E-state index contributed by atoms with van der Waals surface area (Å²) >= 11 is 3.44. The van der Waals surface area contributed by atoms with Crippen LogP contribution in [0.15, 0.2) is 59.1 Å². The van der Waals surface area contributed by atoms with Gasteiger partial charge in [-0.15, -0.1) is 0 Å². The lowest BCUT2D eigenvalue weighted by molar-refractivity contribution is 0.0696. The molecule has 4 rings (SSSR count). The fourth-order valence-corrected chi connectivity index (χ4v) is 3.76. The maximum atomic E-state index is 13.0. The van der Waals surface area contributed by atoms with Crippen molar-refractivity contribution in [1.82, 2.24) is 0 Å². The van der Waals surface area contributed by atoms with Crippen LogP contribution in [0.2, 0.25) is 0 Å². The van der Waals surface area contributed by atoms with Gasteiger partial charge in [0.05, 0.1) is 16.8 Å². The molecule has 0 aliphatic heterocycles. The van der Waals surface area contributed by atoms with Crippen molar-refractivity contribution < 1.29 is 14.7 Å². The Morgan fingerprint density at radius 2 is 1.81 bits per heavy atom. The molecule has 0 amide bonds. The number of benzene rings is 3. The molecule has 0 fully saturated rings. The first-order valence-electron chi connectivity index (χ1n) is 8.29. The normalized spacial score (nSPS) is 12.3. The van der Waals surface area contributed by atoms with Gasteiger partial charge in [-0.25, -0.2) is 4.79 Å². The van der Waals surface area contributed by atoms with Gasteiger partial charge in [-0.05, 0) is 57.4 Å². The summed E-state index contributed by atoms with van der Waals surface area (Å²) in [5, 5.41) is 12.3. The maximum absolute atomic E-state index is 13.0. The molecule has 134 valence electrons. The zero-order valence-corrected chi connectivity index (χ0v) is 15.7. The van der Waals surface area contributed by atoms with Crippen LogP contribution in [-0.4, -0.2) is 16.9 Å². The number of nitrogens with one attached hydrogen (secondary N) is 1. The van der Waals surface area contributed by atoms with Crippen molar-refractivity contribution in [1.29, 1.82) is 0 Å². The van der Waals surface area contributed by atoms with Crippen molar-refractivity contribution in [3.05, 3.63) is 86.9 Å². The van der Waals surface area contributed by atoms with Crippen molar-refractivity contribution in [3.63, 3.8) is 0 Å². The van der Waals surface area contributed by atoms with E-state index in [1.165, 1.54) is 12.1 Å². The van der Waals surface area contributed by atoms with Crippen LogP contribution in [-0.2, 0) is 6.42 Å². The van der Waals surface area contributed by atoms with E-state index in [1.807, 2.05) is 30.3 Å². The Morgan fingerprint density at radius 1 is 1.11 bits per heavy atom. The van der Waals surface area contributed by atoms with E-state index < -0.39 is 5.97 Å². The molecule has 1 aliphatic rings. The van der Waals surface area contributed by atoms with Gasteiger partial charge in [0.1, 0.15) is 0 Å². The fourth-order valence-electron chi connectivity index (χ4n) is 3.34. The smallest absolute Gasteiger partial charge is 0.335 e. The van der Waals surface area contributed by atoms with Crippen LogP contribution >= 0.6 is 15.9 Å². The molecule has 5 nitrogen and oxygen atoms in total. The first-order chi connectivity index (χ1) is 13.0. The molecule has 3 aromatic rings. The van der Waals surface area contributed by atoms with Crippen LogP contribution < -0.4 is 11.1 Å². The molecule has 0 unspecified atom stereocenters. The monoisotopic (exact) mass is 422 g/mol. The molecule has 0 bridgehead atoms. The Morgan fingerprint density at radius 3 is 2.52 bits per heavy atom. The molecule has 0 aromatic heterocycles. The van der Waals surface area contributed by atoms with Gasteiger partial charge >= 0.3 is 5.97 Å². The molecule has 0 heterocycles. The lowest BCUT2D eigenvalue weighted by Crippen LogP contribution is -2.19. The molecule has 0 atom stereocenters. The number of hydrogen-bond donors (Lipinski definition) is 3. The highest BCUT2D eigenvalue weighted by atomic mass is 79.9. The molecule has 0 saturated heterocycles. The van der Waals surface area contributed by atoms with Crippen molar-refractivity contribution >= 4 is 44.7 Å². The Bertz CT molecular complexity index is 1090. The minimum Gasteiger partial charge on any atom is -0.478 e. The van der Waals surface area contributed by atoms with Crippen molar-refractivity contribution in [3.8, 4) is 0 Å². The van der Waals surface area contributed by atoms with E-state index in [0.717, 1.165) is 22.5 Å². The summed E-state index contributed by atoms with van der Waals surface area (Å²) in [4.78, 5) is 24.0. The summed E-state index contributed by atoms with van der Waals surface area (Å²) in [5.41, 5.74) is 11.3. The van der Waals surface area contributed by atoms with Crippen LogP contribution in [0.1, 0.15) is 37.4 Å². The molecule has 3 aromatic carbocycles. The largest absolute Gasteiger partial charge is 0.478 e. The zero-order chi connectivity index (χ0) is 19.1. The molecular formula is C21H15BrN2O3. The SMILES string of the molecule is Nc1c(Br)cc(Nc2ccc(C(=O)O)cc2)c2c1C(=O)c1ccccc1C2. The van der Waals surface area contributed by atoms with E-state index in [4.69, 9.17) is 10.8 Å². The summed E-state index contributed by atoms with van der Waals surface area (Å²) in [7, 11) is 0. The Labute approximate surface area is 164 Å². The predicted molar refractivity (Wildman–Crippen MR) is 108 cm³/mol. The molecule has 27 heavy (non-hydrogen) atoms. The van der Waals surface area contributed by atoms with Crippen LogP contribution in [0.4, 0.5) is 17.1 Å². The number of nitrogen functional groups attached to an aromatic ring is 1. The number of carbonyl (C=O) groups is 2. The number of fused-ring (bicyclic) bond motifs is 2. The first kappa shape index (κ1) is 17.3. The molecule has 6 heteroatoms. The summed E-state index contributed by atoms with van der Waals surface area (Å²) in [6, 6.07) is 15.8. The van der Waals surface area contributed by atoms with Gasteiger partial charge in [0.15, 0.2) is 5.78 Å². The second-order valence-corrected chi connectivity index (χ2v) is 7.20. The highest BCUT2D eigenvalue weighted by molar-refractivity contribution is 9.10. The number of hydrogen-bond acceptors (Lipinski definition) is 4. The summed E-state index contributed by atoms with van der Waals surface area (Å²) in [6.45, 7) is 0. The molecule has 4 N–H and O–H groups in total. The summed E-state index contributed by atoms with van der Waals surface area (Å²) < 4.78 is 0.638. The van der Waals surface area contributed by atoms with Gasteiger partial charge in [-0.3, -0.25) is 4.79 Å². The van der Waals surface area contributed by atoms with E-state index in [9.17, 15) is 9.59 Å². The second kappa shape index (κ2) is 6.55. The Kier molecular flexibility index (Phi) is 4.20. The summed E-state index contributed by atoms with van der Waals surface area (Å²) in [5.74, 6) is -1.06. The highest BCUT2D eigenvalue weighted by Gasteiger charge is 2.28. The van der Waals surface area contributed by atoms with Gasteiger partial charge in [-0.2, -0.15) is 0 Å². The van der Waals surface area contributed by atoms with Crippen LogP contribution in [0.5, 0.6) is 0 Å². The van der Waals surface area contributed by atoms with Gasteiger partial charge < -0.3 is 16.2 Å². The summed E-state index contributed by atoms with van der Waals surface area (Å²) in [6.07, 6.45) is 0.588. The third kappa shape index (κ3) is 2.98. The van der Waals surface area contributed by atoms with Crippen LogP contribution in [0, 0.1) is 0 Å². The highest BCUT2D eigenvalue weighted by Crippen LogP contribution is 2.40. The van der Waals surface area contributed by atoms with Gasteiger partial charge in [0, 0.05) is 27.8 Å². The standard InChI is InChI=1S/C21H15BrN2O3/c22-16-10-17(24-13-7-5-11(6-8-13)21(26)27)15-9-12-3-1-2-4-14(12)20(25)18(15)19(16)23/h1-8,10,24H,9,23H2,(H,26,27). The predicted octanol–water partition coefficient (Wildman–Crippen LogP) is 4.61.